The molecule has 0 radical (unpaired) electrons. The molecule has 4 rings (SSSR count). The van der Waals surface area contributed by atoms with E-state index in [0.717, 1.165) is 37.3 Å². The smallest absolute Gasteiger partial charge is 0.238 e. The first-order chi connectivity index (χ1) is 14.6. The molecule has 1 saturated heterocycles. The molecule has 0 saturated carbocycles. The number of nitrogens with two attached hydrogens (primary N) is 1. The van der Waals surface area contributed by atoms with Gasteiger partial charge in [-0.2, -0.15) is 4.98 Å². The van der Waals surface area contributed by atoms with Gasteiger partial charge in [-0.25, -0.2) is 0 Å². The molecule has 9 nitrogen and oxygen atoms in total. The maximum Gasteiger partial charge on any atom is 0.238 e. The van der Waals surface area contributed by atoms with Gasteiger partial charge in [-0.15, -0.1) is 0 Å². The first kappa shape index (κ1) is 19.7. The molecule has 1 fully saturated rings. The van der Waals surface area contributed by atoms with Gasteiger partial charge in [0, 0.05) is 43.2 Å². The lowest BCUT2D eigenvalue weighted by molar-refractivity contribution is -0.122. The number of rotatable bonds is 7. The number of nitrogens with zero attached hydrogens (tertiary/aromatic N) is 3. The van der Waals surface area contributed by atoms with Crippen molar-refractivity contribution in [3.63, 3.8) is 0 Å². The molecule has 3 aromatic rings. The third-order valence-electron chi connectivity index (χ3n) is 5.19. The quantitative estimate of drug-likeness (QED) is 0.614. The van der Waals surface area contributed by atoms with Crippen molar-refractivity contribution in [2.24, 2.45) is 11.7 Å². The standard InChI is InChI=1S/C21H23N5O4/c22-20(28)14-9-11-26(12-10-14)16-5-3-15(4-6-16)23-18(27)7-8-19-24-21(25-30-19)17-2-1-13-29-17/h1-6,13-14H,7-12H2,(H2,22,28)(H,23,27). The van der Waals surface area contributed by atoms with Crippen LogP contribution in [0, 0.1) is 5.92 Å². The zero-order chi connectivity index (χ0) is 20.9. The van der Waals surface area contributed by atoms with Crippen molar-refractivity contribution in [2.45, 2.75) is 25.7 Å². The van der Waals surface area contributed by atoms with Crippen LogP contribution in [0.15, 0.2) is 51.6 Å². The van der Waals surface area contributed by atoms with Crippen LogP contribution in [0.3, 0.4) is 0 Å². The van der Waals surface area contributed by atoms with Crippen LogP contribution in [0.2, 0.25) is 0 Å². The van der Waals surface area contributed by atoms with E-state index in [1.165, 1.54) is 6.26 Å². The SMILES string of the molecule is NC(=O)C1CCN(c2ccc(NC(=O)CCc3nc(-c4ccco4)no3)cc2)CC1. The number of hydrogen-bond donors (Lipinski definition) is 2. The van der Waals surface area contributed by atoms with Gasteiger partial charge in [-0.3, -0.25) is 9.59 Å². The van der Waals surface area contributed by atoms with Crippen LogP contribution < -0.4 is 16.0 Å². The topological polar surface area (TPSA) is 127 Å². The summed E-state index contributed by atoms with van der Waals surface area (Å²) in [5.41, 5.74) is 7.17. The molecule has 3 heterocycles. The lowest BCUT2D eigenvalue weighted by Crippen LogP contribution is -2.38. The summed E-state index contributed by atoms with van der Waals surface area (Å²) in [6.45, 7) is 1.59. The van der Waals surface area contributed by atoms with Crippen molar-refractivity contribution in [1.82, 2.24) is 10.1 Å². The molecule has 1 aliphatic rings. The van der Waals surface area contributed by atoms with E-state index in [9.17, 15) is 9.59 Å². The highest BCUT2D eigenvalue weighted by atomic mass is 16.5. The van der Waals surface area contributed by atoms with Gasteiger partial charge in [0.1, 0.15) is 0 Å². The summed E-state index contributed by atoms with van der Waals surface area (Å²) in [7, 11) is 0. The van der Waals surface area contributed by atoms with Crippen molar-refractivity contribution < 1.29 is 18.5 Å². The van der Waals surface area contributed by atoms with E-state index in [-0.39, 0.29) is 24.2 Å². The summed E-state index contributed by atoms with van der Waals surface area (Å²) in [4.78, 5) is 30.0. The first-order valence-electron chi connectivity index (χ1n) is 9.89. The second-order valence-electron chi connectivity index (χ2n) is 7.25. The number of piperidine rings is 1. The Morgan fingerprint density at radius 2 is 1.93 bits per heavy atom. The van der Waals surface area contributed by atoms with Crippen LogP contribution in [0.1, 0.15) is 25.2 Å². The molecular weight excluding hydrogens is 386 g/mol. The number of benzene rings is 1. The Labute approximate surface area is 173 Å². The van der Waals surface area contributed by atoms with Crippen LogP contribution >= 0.6 is 0 Å². The van der Waals surface area contributed by atoms with Gasteiger partial charge in [0.15, 0.2) is 5.76 Å². The molecule has 156 valence electrons. The summed E-state index contributed by atoms with van der Waals surface area (Å²) in [6.07, 6.45) is 3.64. The largest absolute Gasteiger partial charge is 0.461 e. The minimum atomic E-state index is -0.217. The van der Waals surface area contributed by atoms with Gasteiger partial charge in [0.2, 0.25) is 23.5 Å². The number of hydrogen-bond acceptors (Lipinski definition) is 7. The number of amides is 2. The number of aryl methyl sites for hydroxylation is 1. The van der Waals surface area contributed by atoms with Crippen LogP contribution in [-0.4, -0.2) is 35.0 Å². The van der Waals surface area contributed by atoms with Gasteiger partial charge in [0.05, 0.1) is 6.26 Å². The molecule has 9 heteroatoms. The average molecular weight is 409 g/mol. The highest BCUT2D eigenvalue weighted by Crippen LogP contribution is 2.24. The fraction of sp³-hybridized carbons (Fsp3) is 0.333. The second kappa shape index (κ2) is 8.81. The third kappa shape index (κ3) is 4.68. The zero-order valence-corrected chi connectivity index (χ0v) is 16.4. The summed E-state index contributed by atoms with van der Waals surface area (Å²) < 4.78 is 10.4. The van der Waals surface area contributed by atoms with Crippen molar-refractivity contribution in [1.29, 1.82) is 0 Å². The summed E-state index contributed by atoms with van der Waals surface area (Å²) in [6, 6.07) is 11.2. The van der Waals surface area contributed by atoms with Crippen LogP contribution in [0.4, 0.5) is 11.4 Å². The van der Waals surface area contributed by atoms with E-state index < -0.39 is 0 Å². The Morgan fingerprint density at radius 1 is 1.17 bits per heavy atom. The molecular formula is C21H23N5O4. The molecule has 2 amide bonds. The molecule has 30 heavy (non-hydrogen) atoms. The molecule has 0 unspecified atom stereocenters. The number of primary amides is 1. The van der Waals surface area contributed by atoms with Gasteiger partial charge < -0.3 is 24.9 Å². The Bertz CT molecular complexity index is 989. The minimum Gasteiger partial charge on any atom is -0.461 e. The second-order valence-corrected chi connectivity index (χ2v) is 7.25. The van der Waals surface area contributed by atoms with E-state index in [0.29, 0.717) is 23.9 Å². The number of furan rings is 1. The lowest BCUT2D eigenvalue weighted by atomic mass is 9.96. The monoisotopic (exact) mass is 409 g/mol. The number of anilines is 2. The number of aromatic nitrogens is 2. The Morgan fingerprint density at radius 3 is 2.60 bits per heavy atom. The summed E-state index contributed by atoms with van der Waals surface area (Å²) >= 11 is 0. The van der Waals surface area contributed by atoms with E-state index in [1.807, 2.05) is 24.3 Å². The lowest BCUT2D eigenvalue weighted by Gasteiger charge is -2.32. The maximum atomic E-state index is 12.2. The number of nitrogens with one attached hydrogen (secondary N) is 1. The molecule has 0 spiro atoms. The van der Waals surface area contributed by atoms with Gasteiger partial charge >= 0.3 is 0 Å². The van der Waals surface area contributed by atoms with E-state index in [2.05, 4.69) is 20.4 Å². The predicted molar refractivity (Wildman–Crippen MR) is 110 cm³/mol. The van der Waals surface area contributed by atoms with Gasteiger partial charge in [0.25, 0.3) is 0 Å². The minimum absolute atomic E-state index is 0.0335. The molecule has 1 aliphatic heterocycles. The Balaban J connectivity index is 1.25. The van der Waals surface area contributed by atoms with Crippen LogP contribution in [0.5, 0.6) is 0 Å². The molecule has 1 aromatic carbocycles. The van der Waals surface area contributed by atoms with Crippen molar-refractivity contribution in [2.75, 3.05) is 23.3 Å². The van der Waals surface area contributed by atoms with Crippen LogP contribution in [-0.2, 0) is 16.0 Å². The fourth-order valence-electron chi connectivity index (χ4n) is 3.48. The first-order valence-corrected chi connectivity index (χ1v) is 9.89. The fourth-order valence-corrected chi connectivity index (χ4v) is 3.48. The molecule has 0 atom stereocenters. The van der Waals surface area contributed by atoms with Crippen molar-refractivity contribution >= 4 is 23.2 Å². The zero-order valence-electron chi connectivity index (χ0n) is 16.4. The molecule has 0 bridgehead atoms. The summed E-state index contributed by atoms with van der Waals surface area (Å²) in [5, 5.41) is 6.72. The van der Waals surface area contributed by atoms with Gasteiger partial charge in [-0.05, 0) is 49.2 Å². The highest BCUT2D eigenvalue weighted by molar-refractivity contribution is 5.91. The molecule has 3 N–H and O–H groups in total. The normalized spacial score (nSPS) is 14.6. The van der Waals surface area contributed by atoms with E-state index in [4.69, 9.17) is 14.7 Å². The summed E-state index contributed by atoms with van der Waals surface area (Å²) in [5.74, 6) is 0.882. The Kier molecular flexibility index (Phi) is 5.78. The third-order valence-corrected chi connectivity index (χ3v) is 5.19. The maximum absolute atomic E-state index is 12.2. The number of carbonyl (C=O) groups excluding carboxylic acids is 2. The van der Waals surface area contributed by atoms with Crippen molar-refractivity contribution in [3.8, 4) is 11.6 Å². The Hall–Kier alpha value is -3.62. The molecule has 2 aromatic heterocycles. The number of carbonyl (C=O) groups is 2. The van der Waals surface area contributed by atoms with E-state index >= 15 is 0 Å². The predicted octanol–water partition coefficient (Wildman–Crippen LogP) is 2.60. The van der Waals surface area contributed by atoms with Gasteiger partial charge in [-0.1, -0.05) is 5.16 Å². The molecule has 0 aliphatic carbocycles. The van der Waals surface area contributed by atoms with E-state index in [1.54, 1.807) is 12.1 Å². The highest BCUT2D eigenvalue weighted by Gasteiger charge is 2.23. The van der Waals surface area contributed by atoms with Crippen LogP contribution in [0.25, 0.3) is 11.6 Å². The average Bonchev–Trinajstić information content (AvgIpc) is 3.45. The van der Waals surface area contributed by atoms with Crippen molar-refractivity contribution in [3.05, 3.63) is 48.6 Å².